The first-order valence-electron chi connectivity index (χ1n) is 6.87. The van der Waals surface area contributed by atoms with Crippen LogP contribution in [-0.4, -0.2) is 30.9 Å². The molecule has 104 valence electrons. The van der Waals surface area contributed by atoms with E-state index in [1.165, 1.54) is 6.42 Å². The minimum Gasteiger partial charge on any atom is -0.486 e. The molecule has 1 fully saturated rings. The van der Waals surface area contributed by atoms with Crippen molar-refractivity contribution in [2.24, 2.45) is 5.41 Å². The van der Waals surface area contributed by atoms with E-state index in [1.807, 2.05) is 18.2 Å². The van der Waals surface area contributed by atoms with Gasteiger partial charge >= 0.3 is 0 Å². The van der Waals surface area contributed by atoms with Gasteiger partial charge < -0.3 is 19.9 Å². The van der Waals surface area contributed by atoms with Gasteiger partial charge in [-0.3, -0.25) is 0 Å². The second-order valence-electron chi connectivity index (χ2n) is 6.07. The fourth-order valence-electron chi connectivity index (χ4n) is 2.45. The lowest BCUT2D eigenvalue weighted by Crippen LogP contribution is -2.26. The topological polar surface area (TPSA) is 50.7 Å². The Labute approximate surface area is 113 Å². The maximum atomic E-state index is 10.2. The van der Waals surface area contributed by atoms with Gasteiger partial charge in [-0.25, -0.2) is 0 Å². The quantitative estimate of drug-likeness (QED) is 0.871. The number of aliphatic hydroxyl groups excluding tert-OH is 1. The standard InChI is InChI=1S/C15H21NO3/c1-15(2)8-14(15)16-9-11(17)10-3-4-12-13(7-10)19-6-5-18-12/h3-4,7,11,14,16-17H,5-6,8-9H2,1-2H3. The van der Waals surface area contributed by atoms with Crippen molar-refractivity contribution < 1.29 is 14.6 Å². The fraction of sp³-hybridized carbons (Fsp3) is 0.600. The van der Waals surface area contributed by atoms with Gasteiger partial charge in [0.05, 0.1) is 6.10 Å². The molecule has 1 aliphatic heterocycles. The van der Waals surface area contributed by atoms with Crippen LogP contribution in [0.15, 0.2) is 18.2 Å². The number of hydrogen-bond donors (Lipinski definition) is 2. The number of nitrogens with one attached hydrogen (secondary N) is 1. The summed E-state index contributed by atoms with van der Waals surface area (Å²) in [6.07, 6.45) is 0.674. The zero-order valence-electron chi connectivity index (χ0n) is 11.5. The minimum absolute atomic E-state index is 0.381. The Hall–Kier alpha value is -1.26. The van der Waals surface area contributed by atoms with Crippen molar-refractivity contribution in [2.45, 2.75) is 32.4 Å². The number of fused-ring (bicyclic) bond motifs is 1. The average Bonchev–Trinajstić information content (AvgIpc) is 3.03. The first-order chi connectivity index (χ1) is 9.06. The molecule has 0 aromatic heterocycles. The van der Waals surface area contributed by atoms with Gasteiger partial charge in [0.15, 0.2) is 11.5 Å². The molecule has 0 saturated heterocycles. The highest BCUT2D eigenvalue weighted by molar-refractivity contribution is 5.44. The van der Waals surface area contributed by atoms with E-state index in [0.29, 0.717) is 31.2 Å². The third kappa shape index (κ3) is 2.69. The fourth-order valence-corrected chi connectivity index (χ4v) is 2.45. The first kappa shape index (κ1) is 12.8. The van der Waals surface area contributed by atoms with E-state index in [0.717, 1.165) is 17.1 Å². The lowest BCUT2D eigenvalue weighted by molar-refractivity contribution is 0.162. The highest BCUT2D eigenvalue weighted by Gasteiger charge is 2.45. The van der Waals surface area contributed by atoms with Crippen LogP contribution in [0, 0.1) is 5.41 Å². The summed E-state index contributed by atoms with van der Waals surface area (Å²) < 4.78 is 11.0. The van der Waals surface area contributed by atoms with Gasteiger partial charge in [-0.05, 0) is 29.5 Å². The van der Waals surface area contributed by atoms with Crippen LogP contribution in [0.1, 0.15) is 31.9 Å². The van der Waals surface area contributed by atoms with Crippen LogP contribution in [-0.2, 0) is 0 Å². The number of ether oxygens (including phenoxy) is 2. The third-order valence-corrected chi connectivity index (χ3v) is 4.02. The molecular formula is C15H21NO3. The minimum atomic E-state index is -0.507. The molecule has 0 bridgehead atoms. The molecule has 0 radical (unpaired) electrons. The molecule has 2 aliphatic rings. The molecule has 0 spiro atoms. The molecule has 1 aromatic carbocycles. The van der Waals surface area contributed by atoms with Crippen LogP contribution in [0.4, 0.5) is 0 Å². The molecule has 19 heavy (non-hydrogen) atoms. The summed E-state index contributed by atoms with van der Waals surface area (Å²) in [5.74, 6) is 1.49. The van der Waals surface area contributed by atoms with E-state index >= 15 is 0 Å². The summed E-state index contributed by atoms with van der Waals surface area (Å²) in [4.78, 5) is 0. The summed E-state index contributed by atoms with van der Waals surface area (Å²) in [6.45, 7) is 6.21. The van der Waals surface area contributed by atoms with Crippen LogP contribution < -0.4 is 14.8 Å². The van der Waals surface area contributed by atoms with Crippen molar-refractivity contribution in [3.8, 4) is 11.5 Å². The van der Waals surface area contributed by atoms with Crippen molar-refractivity contribution in [3.05, 3.63) is 23.8 Å². The summed E-state index contributed by atoms with van der Waals surface area (Å²) in [6, 6.07) is 6.17. The number of rotatable bonds is 4. The Balaban J connectivity index is 1.61. The molecule has 2 N–H and O–H groups in total. The van der Waals surface area contributed by atoms with E-state index in [2.05, 4.69) is 19.2 Å². The number of benzene rings is 1. The monoisotopic (exact) mass is 263 g/mol. The van der Waals surface area contributed by atoms with E-state index < -0.39 is 6.10 Å². The summed E-state index contributed by atoms with van der Waals surface area (Å²) in [7, 11) is 0. The smallest absolute Gasteiger partial charge is 0.161 e. The van der Waals surface area contributed by atoms with E-state index in [9.17, 15) is 5.11 Å². The average molecular weight is 263 g/mol. The molecule has 2 unspecified atom stereocenters. The Bertz CT molecular complexity index is 472. The summed E-state index contributed by atoms with van der Waals surface area (Å²) in [5, 5.41) is 13.6. The second-order valence-corrected chi connectivity index (χ2v) is 6.07. The molecule has 0 amide bonds. The molecule has 4 nitrogen and oxygen atoms in total. The highest BCUT2D eigenvalue weighted by Crippen LogP contribution is 2.44. The van der Waals surface area contributed by atoms with Crippen molar-refractivity contribution in [1.82, 2.24) is 5.32 Å². The molecule has 1 heterocycles. The van der Waals surface area contributed by atoms with Crippen LogP contribution in [0.2, 0.25) is 0 Å². The van der Waals surface area contributed by atoms with Gasteiger partial charge in [-0.2, -0.15) is 0 Å². The largest absolute Gasteiger partial charge is 0.486 e. The molecule has 1 aromatic rings. The van der Waals surface area contributed by atoms with Gasteiger partial charge in [-0.1, -0.05) is 19.9 Å². The van der Waals surface area contributed by atoms with Gasteiger partial charge in [0.2, 0.25) is 0 Å². The Morgan fingerprint density at radius 1 is 1.32 bits per heavy atom. The normalized spacial score (nSPS) is 24.9. The predicted octanol–water partition coefficient (Wildman–Crippen LogP) is 1.88. The molecule has 1 aliphatic carbocycles. The van der Waals surface area contributed by atoms with Gasteiger partial charge in [0.1, 0.15) is 13.2 Å². The van der Waals surface area contributed by atoms with Crippen molar-refractivity contribution in [1.29, 1.82) is 0 Å². The highest BCUT2D eigenvalue weighted by atomic mass is 16.6. The zero-order valence-corrected chi connectivity index (χ0v) is 11.5. The maximum Gasteiger partial charge on any atom is 0.161 e. The van der Waals surface area contributed by atoms with Gasteiger partial charge in [0.25, 0.3) is 0 Å². The molecule has 1 saturated carbocycles. The van der Waals surface area contributed by atoms with Crippen molar-refractivity contribution in [2.75, 3.05) is 19.8 Å². The second kappa shape index (κ2) is 4.69. The van der Waals surface area contributed by atoms with E-state index in [-0.39, 0.29) is 0 Å². The molecule has 2 atom stereocenters. The molecule has 3 rings (SSSR count). The maximum absolute atomic E-state index is 10.2. The zero-order chi connectivity index (χ0) is 13.5. The van der Waals surface area contributed by atoms with Crippen molar-refractivity contribution in [3.63, 3.8) is 0 Å². The van der Waals surface area contributed by atoms with Crippen LogP contribution in [0.5, 0.6) is 11.5 Å². The van der Waals surface area contributed by atoms with Crippen LogP contribution in [0.25, 0.3) is 0 Å². The number of hydrogen-bond acceptors (Lipinski definition) is 4. The SMILES string of the molecule is CC1(C)CC1NCC(O)c1ccc2c(c1)OCCO2. The predicted molar refractivity (Wildman–Crippen MR) is 72.6 cm³/mol. The van der Waals surface area contributed by atoms with E-state index in [1.54, 1.807) is 0 Å². The Morgan fingerprint density at radius 2 is 2.00 bits per heavy atom. The Kier molecular flexibility index (Phi) is 3.15. The van der Waals surface area contributed by atoms with E-state index in [4.69, 9.17) is 9.47 Å². The van der Waals surface area contributed by atoms with Crippen LogP contribution in [0.3, 0.4) is 0 Å². The lowest BCUT2D eigenvalue weighted by Gasteiger charge is -2.20. The summed E-state index contributed by atoms with van der Waals surface area (Å²) >= 11 is 0. The molecular weight excluding hydrogens is 242 g/mol. The number of aliphatic hydroxyl groups is 1. The third-order valence-electron chi connectivity index (χ3n) is 4.02. The van der Waals surface area contributed by atoms with Gasteiger partial charge in [0, 0.05) is 12.6 Å². The first-order valence-corrected chi connectivity index (χ1v) is 6.87. The van der Waals surface area contributed by atoms with Crippen LogP contribution >= 0.6 is 0 Å². The lowest BCUT2D eigenvalue weighted by atomic mass is 10.1. The Morgan fingerprint density at radius 3 is 2.68 bits per heavy atom. The molecule has 4 heteroatoms. The van der Waals surface area contributed by atoms with Crippen molar-refractivity contribution >= 4 is 0 Å². The summed E-state index contributed by atoms with van der Waals surface area (Å²) in [5.41, 5.74) is 1.25. The van der Waals surface area contributed by atoms with Gasteiger partial charge in [-0.15, -0.1) is 0 Å².